The molecule has 2 fully saturated rings. The molecule has 1 heteroatoms. The van der Waals surface area contributed by atoms with E-state index >= 15 is 0 Å². The van der Waals surface area contributed by atoms with Gasteiger partial charge in [-0.2, -0.15) is 0 Å². The van der Waals surface area contributed by atoms with Crippen LogP contribution in [0.5, 0.6) is 0 Å². The fourth-order valence-electron chi connectivity index (χ4n) is 2.64. The van der Waals surface area contributed by atoms with Gasteiger partial charge in [-0.05, 0) is 32.1 Å². The van der Waals surface area contributed by atoms with E-state index in [9.17, 15) is 4.79 Å². The van der Waals surface area contributed by atoms with Crippen molar-refractivity contribution in [3.8, 4) is 0 Å². The van der Waals surface area contributed by atoms with Gasteiger partial charge in [-0.25, -0.2) is 0 Å². The second kappa shape index (κ2) is 1.88. The largest absolute Gasteiger partial charge is 0.298 e. The van der Waals surface area contributed by atoms with Crippen LogP contribution in [0.4, 0.5) is 0 Å². The first kappa shape index (κ1) is 7.33. The summed E-state index contributed by atoms with van der Waals surface area (Å²) in [5.41, 5.74) is 0.350. The van der Waals surface area contributed by atoms with Crippen molar-refractivity contribution in [2.45, 2.75) is 46.0 Å². The molecule has 0 N–H and O–H groups in total. The van der Waals surface area contributed by atoms with Crippen molar-refractivity contribution in [1.82, 2.24) is 0 Å². The molecule has 0 radical (unpaired) electrons. The number of ketones is 1. The summed E-state index contributed by atoms with van der Waals surface area (Å²) in [6.07, 6.45) is 5.70. The number of hydrogen-bond acceptors (Lipinski definition) is 1. The van der Waals surface area contributed by atoms with Crippen LogP contribution in [0, 0.1) is 10.8 Å². The molecule has 0 aliphatic heterocycles. The van der Waals surface area contributed by atoms with Gasteiger partial charge in [0.1, 0.15) is 5.78 Å². The second-order valence-electron chi connectivity index (χ2n) is 4.27. The van der Waals surface area contributed by atoms with E-state index in [4.69, 9.17) is 0 Å². The van der Waals surface area contributed by atoms with E-state index in [-0.39, 0.29) is 10.8 Å². The normalized spacial score (nSPS) is 30.2. The van der Waals surface area contributed by atoms with Crippen LogP contribution in [0.25, 0.3) is 0 Å². The molecule has 2 rings (SSSR count). The molecule has 2 saturated carbocycles. The summed E-state index contributed by atoms with van der Waals surface area (Å²) in [5.74, 6) is 0.593. The summed E-state index contributed by atoms with van der Waals surface area (Å²) in [6, 6.07) is 0. The molecule has 11 heavy (non-hydrogen) atoms. The molecule has 0 atom stereocenters. The Balaban J connectivity index is 2.14. The van der Waals surface area contributed by atoms with E-state index in [1.165, 1.54) is 19.3 Å². The highest BCUT2D eigenvalue weighted by Crippen LogP contribution is 2.67. The predicted octanol–water partition coefficient (Wildman–Crippen LogP) is 2.55. The van der Waals surface area contributed by atoms with Gasteiger partial charge in [-0.1, -0.05) is 13.8 Å². The molecule has 0 aromatic rings. The highest BCUT2D eigenvalue weighted by atomic mass is 16.1. The van der Waals surface area contributed by atoms with E-state index in [1.807, 2.05) is 0 Å². The van der Waals surface area contributed by atoms with Crippen LogP contribution in [0.2, 0.25) is 0 Å². The van der Waals surface area contributed by atoms with Gasteiger partial charge >= 0.3 is 0 Å². The Kier molecular flexibility index (Phi) is 1.25. The lowest BCUT2D eigenvalue weighted by molar-refractivity contribution is -0.149. The average molecular weight is 152 g/mol. The fourth-order valence-corrected chi connectivity index (χ4v) is 2.64. The third-order valence-corrected chi connectivity index (χ3v) is 3.85. The molecule has 62 valence electrons. The number of carbonyl (C=O) groups is 1. The van der Waals surface area contributed by atoms with Crippen LogP contribution >= 0.6 is 0 Å². The van der Waals surface area contributed by atoms with Crippen molar-refractivity contribution < 1.29 is 4.79 Å². The predicted molar refractivity (Wildman–Crippen MR) is 44.3 cm³/mol. The van der Waals surface area contributed by atoms with Gasteiger partial charge < -0.3 is 0 Å². The molecular formula is C10H16O. The molecular weight excluding hydrogens is 136 g/mol. The maximum Gasteiger partial charge on any atom is 0.145 e. The lowest BCUT2D eigenvalue weighted by atomic mass is 9.56. The third kappa shape index (κ3) is 0.692. The van der Waals surface area contributed by atoms with Gasteiger partial charge in [0.25, 0.3) is 0 Å². The Morgan fingerprint density at radius 3 is 2.09 bits per heavy atom. The van der Waals surface area contributed by atoms with Gasteiger partial charge in [-0.3, -0.25) is 4.79 Å². The summed E-state index contributed by atoms with van der Waals surface area (Å²) < 4.78 is 0. The molecule has 0 bridgehead atoms. The summed E-state index contributed by atoms with van der Waals surface area (Å²) in [6.45, 7) is 4.30. The molecule has 0 amide bonds. The molecule has 0 unspecified atom stereocenters. The first-order valence-electron chi connectivity index (χ1n) is 4.74. The SMILES string of the molecule is CCC1(CC)CC2(CC2)C1=O. The zero-order valence-electron chi connectivity index (χ0n) is 7.44. The summed E-state index contributed by atoms with van der Waals surface area (Å²) in [4.78, 5) is 11.7. The lowest BCUT2D eigenvalue weighted by Gasteiger charge is -2.46. The molecule has 0 heterocycles. The summed E-state index contributed by atoms with van der Waals surface area (Å²) in [7, 11) is 0. The Morgan fingerprint density at radius 2 is 1.82 bits per heavy atom. The van der Waals surface area contributed by atoms with Crippen LogP contribution < -0.4 is 0 Å². The third-order valence-electron chi connectivity index (χ3n) is 3.85. The first-order chi connectivity index (χ1) is 5.19. The van der Waals surface area contributed by atoms with Gasteiger partial charge in [0.2, 0.25) is 0 Å². The van der Waals surface area contributed by atoms with Gasteiger partial charge in [0.05, 0.1) is 0 Å². The van der Waals surface area contributed by atoms with Crippen molar-refractivity contribution in [2.75, 3.05) is 0 Å². The number of rotatable bonds is 2. The van der Waals surface area contributed by atoms with Crippen molar-refractivity contribution in [3.63, 3.8) is 0 Å². The van der Waals surface area contributed by atoms with E-state index in [0.717, 1.165) is 12.8 Å². The maximum absolute atomic E-state index is 11.7. The molecule has 2 aliphatic rings. The molecule has 1 spiro atoms. The quantitative estimate of drug-likeness (QED) is 0.594. The lowest BCUT2D eigenvalue weighted by Crippen LogP contribution is -2.49. The molecule has 0 aromatic heterocycles. The fraction of sp³-hybridized carbons (Fsp3) is 0.900. The number of carbonyl (C=O) groups excluding carboxylic acids is 1. The standard InChI is InChI=1S/C10H16O/c1-3-9(4-2)7-10(5-6-10)8(9)11/h3-7H2,1-2H3. The number of hydrogen-bond donors (Lipinski definition) is 0. The Hall–Kier alpha value is -0.330. The monoisotopic (exact) mass is 152 g/mol. The topological polar surface area (TPSA) is 17.1 Å². The van der Waals surface area contributed by atoms with Gasteiger partial charge in [-0.15, -0.1) is 0 Å². The Labute approximate surface area is 68.2 Å². The number of Topliss-reactive ketones (excluding diaryl/α,β-unsaturated/α-hetero) is 1. The molecule has 2 aliphatic carbocycles. The van der Waals surface area contributed by atoms with Crippen LogP contribution in [0.15, 0.2) is 0 Å². The van der Waals surface area contributed by atoms with Crippen molar-refractivity contribution >= 4 is 5.78 Å². The van der Waals surface area contributed by atoms with Crippen molar-refractivity contribution in [1.29, 1.82) is 0 Å². The zero-order valence-corrected chi connectivity index (χ0v) is 7.44. The zero-order chi connectivity index (χ0) is 8.11. The average Bonchev–Trinajstić information content (AvgIpc) is 2.81. The molecule has 0 aromatic carbocycles. The maximum atomic E-state index is 11.7. The van der Waals surface area contributed by atoms with Crippen LogP contribution in [-0.2, 0) is 4.79 Å². The smallest absolute Gasteiger partial charge is 0.145 e. The second-order valence-corrected chi connectivity index (χ2v) is 4.27. The van der Waals surface area contributed by atoms with E-state index in [2.05, 4.69) is 13.8 Å². The molecule has 1 nitrogen and oxygen atoms in total. The van der Waals surface area contributed by atoms with E-state index in [1.54, 1.807) is 0 Å². The Bertz CT molecular complexity index is 197. The van der Waals surface area contributed by atoms with E-state index < -0.39 is 0 Å². The Morgan fingerprint density at radius 1 is 1.27 bits per heavy atom. The molecule has 0 saturated heterocycles. The van der Waals surface area contributed by atoms with Crippen molar-refractivity contribution in [3.05, 3.63) is 0 Å². The minimum atomic E-state index is 0.122. The minimum absolute atomic E-state index is 0.122. The van der Waals surface area contributed by atoms with Crippen LogP contribution in [0.3, 0.4) is 0 Å². The van der Waals surface area contributed by atoms with E-state index in [0.29, 0.717) is 5.78 Å². The van der Waals surface area contributed by atoms with Gasteiger partial charge in [0.15, 0.2) is 0 Å². The van der Waals surface area contributed by atoms with Crippen molar-refractivity contribution in [2.24, 2.45) is 10.8 Å². The van der Waals surface area contributed by atoms with Crippen LogP contribution in [-0.4, -0.2) is 5.78 Å². The van der Waals surface area contributed by atoms with Crippen LogP contribution in [0.1, 0.15) is 46.0 Å². The highest BCUT2D eigenvalue weighted by Gasteiger charge is 2.66. The summed E-state index contributed by atoms with van der Waals surface area (Å²) in [5, 5.41) is 0. The summed E-state index contributed by atoms with van der Waals surface area (Å²) >= 11 is 0. The highest BCUT2D eigenvalue weighted by molar-refractivity contribution is 5.98. The van der Waals surface area contributed by atoms with Gasteiger partial charge in [0, 0.05) is 10.8 Å². The first-order valence-corrected chi connectivity index (χ1v) is 4.74. The minimum Gasteiger partial charge on any atom is -0.298 e.